The zero-order valence-corrected chi connectivity index (χ0v) is 8.09. The molecule has 2 heteroatoms. The van der Waals surface area contributed by atoms with Gasteiger partial charge in [-0.25, -0.2) is 0 Å². The van der Waals surface area contributed by atoms with E-state index in [4.69, 9.17) is 9.47 Å². The normalized spacial score (nSPS) is 14.3. The van der Waals surface area contributed by atoms with Crippen LogP contribution in [0, 0.1) is 6.92 Å². The Hall–Kier alpha value is -1.18. The molecule has 0 fully saturated rings. The first kappa shape index (κ1) is 8.42. The Morgan fingerprint density at radius 1 is 1.23 bits per heavy atom. The minimum absolute atomic E-state index is 0.666. The van der Waals surface area contributed by atoms with Crippen LogP contribution in [0.4, 0.5) is 0 Å². The third-order valence-corrected chi connectivity index (χ3v) is 2.24. The van der Waals surface area contributed by atoms with Gasteiger partial charge in [-0.2, -0.15) is 0 Å². The monoisotopic (exact) mass is 178 g/mol. The van der Waals surface area contributed by atoms with E-state index in [1.165, 1.54) is 11.1 Å². The van der Waals surface area contributed by atoms with Crippen molar-refractivity contribution < 1.29 is 9.47 Å². The Labute approximate surface area is 78.5 Å². The van der Waals surface area contributed by atoms with Gasteiger partial charge in [0.15, 0.2) is 11.5 Å². The fraction of sp³-hybridized carbons (Fsp3) is 0.455. The summed E-state index contributed by atoms with van der Waals surface area (Å²) in [6.45, 7) is 5.55. The Bertz CT molecular complexity index is 301. The summed E-state index contributed by atoms with van der Waals surface area (Å²) in [4.78, 5) is 0. The van der Waals surface area contributed by atoms with Crippen LogP contribution in [0.1, 0.15) is 18.1 Å². The molecule has 13 heavy (non-hydrogen) atoms. The number of hydrogen-bond donors (Lipinski definition) is 0. The summed E-state index contributed by atoms with van der Waals surface area (Å²) < 4.78 is 11.1. The van der Waals surface area contributed by atoms with Gasteiger partial charge in [-0.3, -0.25) is 0 Å². The van der Waals surface area contributed by atoms with Gasteiger partial charge in [0, 0.05) is 0 Å². The van der Waals surface area contributed by atoms with Crippen LogP contribution in [0.15, 0.2) is 12.1 Å². The lowest BCUT2D eigenvalue weighted by atomic mass is 10.1. The predicted molar refractivity (Wildman–Crippen MR) is 51.5 cm³/mol. The van der Waals surface area contributed by atoms with Gasteiger partial charge in [0.2, 0.25) is 0 Å². The summed E-state index contributed by atoms with van der Waals surface area (Å²) >= 11 is 0. The molecule has 0 unspecified atom stereocenters. The van der Waals surface area contributed by atoms with Crippen molar-refractivity contribution in [1.29, 1.82) is 0 Å². The highest BCUT2D eigenvalue weighted by Crippen LogP contribution is 2.35. The zero-order chi connectivity index (χ0) is 9.26. The van der Waals surface area contributed by atoms with Gasteiger partial charge in [-0.05, 0) is 30.5 Å². The van der Waals surface area contributed by atoms with E-state index in [0.717, 1.165) is 17.9 Å². The van der Waals surface area contributed by atoms with Crippen LogP contribution in [0.25, 0.3) is 0 Å². The minimum Gasteiger partial charge on any atom is -0.486 e. The number of fused-ring (bicyclic) bond motifs is 1. The average Bonchev–Trinajstić information content (AvgIpc) is 2.16. The van der Waals surface area contributed by atoms with Crippen molar-refractivity contribution in [2.75, 3.05) is 13.2 Å². The second-order valence-corrected chi connectivity index (χ2v) is 3.30. The van der Waals surface area contributed by atoms with Crippen molar-refractivity contribution in [2.24, 2.45) is 0 Å². The highest BCUT2D eigenvalue weighted by Gasteiger charge is 2.15. The molecule has 1 aliphatic heterocycles. The molecule has 0 N–H and O–H groups in total. The summed E-state index contributed by atoms with van der Waals surface area (Å²) in [6.07, 6.45) is 0.993. The van der Waals surface area contributed by atoms with Crippen LogP contribution in [0.2, 0.25) is 0 Å². The number of aryl methyl sites for hydroxylation is 2. The van der Waals surface area contributed by atoms with Gasteiger partial charge < -0.3 is 9.47 Å². The van der Waals surface area contributed by atoms with Gasteiger partial charge in [0.1, 0.15) is 13.2 Å². The van der Waals surface area contributed by atoms with E-state index < -0.39 is 0 Å². The van der Waals surface area contributed by atoms with Gasteiger partial charge >= 0.3 is 0 Å². The van der Waals surface area contributed by atoms with E-state index in [-0.39, 0.29) is 0 Å². The molecule has 0 aromatic heterocycles. The summed E-state index contributed by atoms with van der Waals surface area (Å²) in [5.74, 6) is 1.85. The Morgan fingerprint density at radius 2 is 2.00 bits per heavy atom. The summed E-state index contributed by atoms with van der Waals surface area (Å²) in [6, 6.07) is 4.20. The number of ether oxygens (including phenoxy) is 2. The molecule has 1 aliphatic rings. The summed E-state index contributed by atoms with van der Waals surface area (Å²) in [5.41, 5.74) is 2.48. The first-order valence-electron chi connectivity index (χ1n) is 4.70. The highest BCUT2D eigenvalue weighted by atomic mass is 16.6. The Morgan fingerprint density at radius 3 is 2.77 bits per heavy atom. The second kappa shape index (κ2) is 3.29. The van der Waals surface area contributed by atoms with Crippen molar-refractivity contribution in [3.05, 3.63) is 23.3 Å². The molecule has 1 heterocycles. The van der Waals surface area contributed by atoms with Crippen LogP contribution in [-0.4, -0.2) is 13.2 Å². The van der Waals surface area contributed by atoms with Crippen LogP contribution < -0.4 is 9.47 Å². The maximum absolute atomic E-state index is 5.58. The second-order valence-electron chi connectivity index (χ2n) is 3.30. The largest absolute Gasteiger partial charge is 0.486 e. The van der Waals surface area contributed by atoms with E-state index >= 15 is 0 Å². The first-order valence-corrected chi connectivity index (χ1v) is 4.70. The number of hydrogen-bond acceptors (Lipinski definition) is 2. The third-order valence-electron chi connectivity index (χ3n) is 2.24. The topological polar surface area (TPSA) is 18.5 Å². The van der Waals surface area contributed by atoms with Crippen molar-refractivity contribution in [1.82, 2.24) is 0 Å². The molecule has 1 aromatic rings. The van der Waals surface area contributed by atoms with E-state index in [1.54, 1.807) is 0 Å². The molecule has 0 amide bonds. The molecule has 2 rings (SSSR count). The van der Waals surface area contributed by atoms with Crippen molar-refractivity contribution in [3.63, 3.8) is 0 Å². The van der Waals surface area contributed by atoms with Gasteiger partial charge in [-0.15, -0.1) is 0 Å². The van der Waals surface area contributed by atoms with Gasteiger partial charge in [-0.1, -0.05) is 13.0 Å². The molecule has 0 radical (unpaired) electrons. The lowest BCUT2D eigenvalue weighted by Crippen LogP contribution is -2.16. The standard InChI is InChI=1S/C11H14O2/c1-3-9-6-8(2)7-10-11(9)13-5-4-12-10/h6-7H,3-5H2,1-2H3. The molecule has 0 saturated heterocycles. The Kier molecular flexibility index (Phi) is 2.13. The summed E-state index contributed by atoms with van der Waals surface area (Å²) in [5, 5.41) is 0. The van der Waals surface area contributed by atoms with Crippen molar-refractivity contribution >= 4 is 0 Å². The highest BCUT2D eigenvalue weighted by molar-refractivity contribution is 5.50. The minimum atomic E-state index is 0.666. The fourth-order valence-electron chi connectivity index (χ4n) is 1.64. The number of rotatable bonds is 1. The lowest BCUT2D eigenvalue weighted by Gasteiger charge is -2.21. The number of benzene rings is 1. The molecule has 0 atom stereocenters. The van der Waals surface area contributed by atoms with Crippen molar-refractivity contribution in [3.8, 4) is 11.5 Å². The predicted octanol–water partition coefficient (Wildman–Crippen LogP) is 2.33. The lowest BCUT2D eigenvalue weighted by molar-refractivity contribution is 0.170. The molecule has 1 aromatic carbocycles. The smallest absolute Gasteiger partial charge is 0.164 e. The maximum atomic E-state index is 5.58. The molecule has 0 bridgehead atoms. The molecular weight excluding hydrogens is 164 g/mol. The van der Waals surface area contributed by atoms with E-state index in [2.05, 4.69) is 19.9 Å². The molecule has 0 saturated carbocycles. The maximum Gasteiger partial charge on any atom is 0.164 e. The van der Waals surface area contributed by atoms with Crippen LogP contribution in [0.5, 0.6) is 11.5 Å². The molecule has 0 aliphatic carbocycles. The van der Waals surface area contributed by atoms with Crippen LogP contribution in [0.3, 0.4) is 0 Å². The molecule has 2 nitrogen and oxygen atoms in total. The Balaban J connectivity index is 2.50. The summed E-state index contributed by atoms with van der Waals surface area (Å²) in [7, 11) is 0. The van der Waals surface area contributed by atoms with Crippen LogP contribution in [-0.2, 0) is 6.42 Å². The third kappa shape index (κ3) is 1.48. The van der Waals surface area contributed by atoms with E-state index in [9.17, 15) is 0 Å². The van der Waals surface area contributed by atoms with Gasteiger partial charge in [0.25, 0.3) is 0 Å². The van der Waals surface area contributed by atoms with Crippen LogP contribution >= 0.6 is 0 Å². The zero-order valence-electron chi connectivity index (χ0n) is 8.09. The molecule has 0 spiro atoms. The van der Waals surface area contributed by atoms with Gasteiger partial charge in [0.05, 0.1) is 0 Å². The first-order chi connectivity index (χ1) is 6.31. The fourth-order valence-corrected chi connectivity index (χ4v) is 1.64. The SMILES string of the molecule is CCc1cc(C)cc2c1OCCO2. The van der Waals surface area contributed by atoms with Crippen molar-refractivity contribution in [2.45, 2.75) is 20.3 Å². The van der Waals surface area contributed by atoms with E-state index in [1.807, 2.05) is 6.07 Å². The molecular formula is C11H14O2. The average molecular weight is 178 g/mol. The molecule has 70 valence electrons. The quantitative estimate of drug-likeness (QED) is 0.657. The van der Waals surface area contributed by atoms with E-state index in [0.29, 0.717) is 13.2 Å².